The molecule has 7 heteroatoms. The summed E-state index contributed by atoms with van der Waals surface area (Å²) >= 11 is 6.15. The number of rotatable bonds is 7. The van der Waals surface area contributed by atoms with Gasteiger partial charge in [0.05, 0.1) is 0 Å². The van der Waals surface area contributed by atoms with E-state index in [1.54, 1.807) is 0 Å². The molecule has 0 atom stereocenters. The normalized spacial score (nSPS) is 15.4. The Bertz CT molecular complexity index is 617. The summed E-state index contributed by atoms with van der Waals surface area (Å²) in [6.45, 7) is 4.17. The van der Waals surface area contributed by atoms with Gasteiger partial charge in [-0.2, -0.15) is 0 Å². The van der Waals surface area contributed by atoms with Gasteiger partial charge in [-0.05, 0) is 31.4 Å². The van der Waals surface area contributed by atoms with Crippen molar-refractivity contribution < 1.29 is 9.59 Å². The minimum absolute atomic E-state index is 0.0845. The highest BCUT2D eigenvalue weighted by molar-refractivity contribution is 6.31. The summed E-state index contributed by atoms with van der Waals surface area (Å²) in [6, 6.07) is 7.73. The van der Waals surface area contributed by atoms with Crippen LogP contribution in [-0.2, 0) is 16.0 Å². The zero-order valence-corrected chi connectivity index (χ0v) is 15.3. The third kappa shape index (κ3) is 6.05. The molecular formula is C18H25ClN4O2. The molecular weight excluding hydrogens is 340 g/mol. The number of hydrogen-bond donors (Lipinski definition) is 2. The third-order valence-electron chi connectivity index (χ3n) is 3.96. The summed E-state index contributed by atoms with van der Waals surface area (Å²) in [5.41, 5.74) is 1.06. The highest BCUT2D eigenvalue weighted by Crippen LogP contribution is 2.15. The van der Waals surface area contributed by atoms with Crippen LogP contribution in [0.2, 0.25) is 5.02 Å². The molecule has 1 aliphatic heterocycles. The smallest absolute Gasteiger partial charge is 0.229 e. The van der Waals surface area contributed by atoms with Gasteiger partial charge in [-0.25, -0.2) is 0 Å². The maximum absolute atomic E-state index is 11.8. The van der Waals surface area contributed by atoms with Crippen molar-refractivity contribution in [3.8, 4) is 0 Å². The van der Waals surface area contributed by atoms with Crippen LogP contribution >= 0.6 is 11.6 Å². The van der Waals surface area contributed by atoms with Gasteiger partial charge < -0.3 is 10.6 Å². The van der Waals surface area contributed by atoms with Crippen molar-refractivity contribution in [1.29, 1.82) is 0 Å². The molecule has 6 nitrogen and oxygen atoms in total. The summed E-state index contributed by atoms with van der Waals surface area (Å²) in [6.07, 6.45) is 2.32. The van der Waals surface area contributed by atoms with Crippen molar-refractivity contribution >= 4 is 29.4 Å². The van der Waals surface area contributed by atoms with Crippen LogP contribution in [0.3, 0.4) is 0 Å². The molecule has 0 bridgehead atoms. The van der Waals surface area contributed by atoms with E-state index in [-0.39, 0.29) is 11.8 Å². The van der Waals surface area contributed by atoms with E-state index in [1.807, 2.05) is 31.2 Å². The van der Waals surface area contributed by atoms with E-state index >= 15 is 0 Å². The van der Waals surface area contributed by atoms with Gasteiger partial charge in [0.15, 0.2) is 5.96 Å². The van der Waals surface area contributed by atoms with Crippen LogP contribution in [-0.4, -0.2) is 48.9 Å². The fraction of sp³-hybridized carbons (Fsp3) is 0.500. The Morgan fingerprint density at radius 3 is 2.60 bits per heavy atom. The lowest BCUT2D eigenvalue weighted by Gasteiger charge is -2.25. The quantitative estimate of drug-likeness (QED) is 0.441. The zero-order valence-electron chi connectivity index (χ0n) is 14.6. The van der Waals surface area contributed by atoms with E-state index in [9.17, 15) is 9.59 Å². The molecule has 136 valence electrons. The minimum atomic E-state index is -0.0845. The Kier molecular flexibility index (Phi) is 7.73. The maximum Gasteiger partial charge on any atom is 0.229 e. The van der Waals surface area contributed by atoms with E-state index in [0.29, 0.717) is 44.9 Å². The number of halogens is 1. The van der Waals surface area contributed by atoms with Gasteiger partial charge in [-0.15, -0.1) is 0 Å². The molecule has 1 saturated heterocycles. The van der Waals surface area contributed by atoms with Crippen molar-refractivity contribution in [3.05, 3.63) is 34.9 Å². The number of guanidine groups is 1. The number of hydrogen-bond acceptors (Lipinski definition) is 3. The SMILES string of the molecule is CCNC(=NCCc1ccccc1Cl)NCCN1C(=O)CCCC1=O. The summed E-state index contributed by atoms with van der Waals surface area (Å²) in [7, 11) is 0. The highest BCUT2D eigenvalue weighted by atomic mass is 35.5. The number of nitrogens with zero attached hydrogens (tertiary/aromatic N) is 2. The van der Waals surface area contributed by atoms with Gasteiger partial charge in [-0.1, -0.05) is 29.8 Å². The molecule has 25 heavy (non-hydrogen) atoms. The molecule has 0 radical (unpaired) electrons. The number of imide groups is 1. The number of carbonyl (C=O) groups is 2. The molecule has 0 unspecified atom stereocenters. The average Bonchev–Trinajstić information content (AvgIpc) is 2.59. The van der Waals surface area contributed by atoms with Crippen LogP contribution < -0.4 is 10.6 Å². The molecule has 1 heterocycles. The Morgan fingerprint density at radius 1 is 1.20 bits per heavy atom. The van der Waals surface area contributed by atoms with Crippen molar-refractivity contribution in [1.82, 2.24) is 15.5 Å². The lowest BCUT2D eigenvalue weighted by atomic mass is 10.1. The molecule has 1 aromatic carbocycles. The number of piperidine rings is 1. The predicted octanol–water partition coefficient (Wildman–Crippen LogP) is 1.98. The van der Waals surface area contributed by atoms with E-state index in [1.165, 1.54) is 4.90 Å². The predicted molar refractivity (Wildman–Crippen MR) is 99.7 cm³/mol. The van der Waals surface area contributed by atoms with Gasteiger partial charge in [0, 0.05) is 44.0 Å². The molecule has 0 spiro atoms. The topological polar surface area (TPSA) is 73.8 Å². The molecule has 0 aliphatic carbocycles. The molecule has 2 N–H and O–H groups in total. The zero-order chi connectivity index (χ0) is 18.1. The second kappa shape index (κ2) is 10.0. The number of likely N-dealkylation sites (tertiary alicyclic amines) is 1. The van der Waals surface area contributed by atoms with Crippen LogP contribution in [0.5, 0.6) is 0 Å². The molecule has 1 aromatic rings. The van der Waals surface area contributed by atoms with Gasteiger partial charge in [0.25, 0.3) is 0 Å². The molecule has 0 aromatic heterocycles. The van der Waals surface area contributed by atoms with E-state index in [0.717, 1.165) is 23.6 Å². The number of nitrogens with one attached hydrogen (secondary N) is 2. The van der Waals surface area contributed by atoms with Crippen LogP contribution in [0.15, 0.2) is 29.3 Å². The first kappa shape index (κ1) is 19.2. The van der Waals surface area contributed by atoms with Crippen LogP contribution in [0.25, 0.3) is 0 Å². The summed E-state index contributed by atoms with van der Waals surface area (Å²) in [5.74, 6) is 0.504. The Hall–Kier alpha value is -2.08. The van der Waals surface area contributed by atoms with E-state index < -0.39 is 0 Å². The lowest BCUT2D eigenvalue weighted by molar-refractivity contribution is -0.147. The standard InChI is InChI=1S/C18H25ClN4O2/c1-2-20-18(21-11-10-14-6-3-4-7-15(14)19)22-12-13-23-16(24)8-5-9-17(23)25/h3-4,6-7H,2,5,8-13H2,1H3,(H2,20,21,22). The Balaban J connectivity index is 1.82. The van der Waals surface area contributed by atoms with Crippen molar-refractivity contribution in [3.63, 3.8) is 0 Å². The number of amides is 2. The molecule has 2 amide bonds. The molecule has 2 rings (SSSR count). The lowest BCUT2D eigenvalue weighted by Crippen LogP contribution is -2.46. The first-order valence-electron chi connectivity index (χ1n) is 8.70. The van der Waals surface area contributed by atoms with Crippen LogP contribution in [0, 0.1) is 0 Å². The average molecular weight is 365 g/mol. The monoisotopic (exact) mass is 364 g/mol. The van der Waals surface area contributed by atoms with Gasteiger partial charge in [0.1, 0.15) is 0 Å². The maximum atomic E-state index is 11.8. The van der Waals surface area contributed by atoms with Crippen molar-refractivity contribution in [2.45, 2.75) is 32.6 Å². The van der Waals surface area contributed by atoms with Crippen LogP contribution in [0.1, 0.15) is 31.7 Å². The molecule has 1 fully saturated rings. The van der Waals surface area contributed by atoms with Crippen molar-refractivity contribution in [2.75, 3.05) is 26.2 Å². The largest absolute Gasteiger partial charge is 0.357 e. The van der Waals surface area contributed by atoms with Gasteiger partial charge in [-0.3, -0.25) is 19.5 Å². The molecule has 0 saturated carbocycles. The fourth-order valence-corrected chi connectivity index (χ4v) is 2.90. The first-order valence-corrected chi connectivity index (χ1v) is 9.08. The Labute approximate surface area is 153 Å². The van der Waals surface area contributed by atoms with E-state index in [4.69, 9.17) is 11.6 Å². The summed E-state index contributed by atoms with van der Waals surface area (Å²) in [4.78, 5) is 29.4. The first-order chi connectivity index (χ1) is 12.1. The second-order valence-electron chi connectivity index (χ2n) is 5.82. The minimum Gasteiger partial charge on any atom is -0.357 e. The highest BCUT2D eigenvalue weighted by Gasteiger charge is 2.25. The summed E-state index contributed by atoms with van der Waals surface area (Å²) in [5, 5.41) is 7.08. The molecule has 1 aliphatic rings. The van der Waals surface area contributed by atoms with E-state index in [2.05, 4.69) is 15.6 Å². The van der Waals surface area contributed by atoms with Gasteiger partial charge in [0.2, 0.25) is 11.8 Å². The third-order valence-corrected chi connectivity index (χ3v) is 4.33. The second-order valence-corrected chi connectivity index (χ2v) is 6.23. The van der Waals surface area contributed by atoms with Gasteiger partial charge >= 0.3 is 0 Å². The Morgan fingerprint density at radius 2 is 1.92 bits per heavy atom. The number of benzene rings is 1. The van der Waals surface area contributed by atoms with Crippen LogP contribution in [0.4, 0.5) is 0 Å². The number of aliphatic imine (C=N–C) groups is 1. The number of carbonyl (C=O) groups excluding carboxylic acids is 2. The van der Waals surface area contributed by atoms with Crippen molar-refractivity contribution in [2.24, 2.45) is 4.99 Å². The fourth-order valence-electron chi connectivity index (χ4n) is 2.67. The summed E-state index contributed by atoms with van der Waals surface area (Å²) < 4.78 is 0.